The number of carbonyl (C=O) groups excluding carboxylic acids is 1. The van der Waals surface area contributed by atoms with Crippen molar-refractivity contribution in [2.24, 2.45) is 0 Å². The lowest BCUT2D eigenvalue weighted by molar-refractivity contribution is -0.120. The lowest BCUT2D eigenvalue weighted by Crippen LogP contribution is -2.41. The number of amides is 1. The van der Waals surface area contributed by atoms with Crippen LogP contribution in [0.5, 0.6) is 0 Å². The second-order valence-corrected chi connectivity index (χ2v) is 10.7. The molecule has 0 saturated carbocycles. The van der Waals surface area contributed by atoms with Crippen LogP contribution >= 0.6 is 0 Å². The van der Waals surface area contributed by atoms with Crippen molar-refractivity contribution >= 4 is 21.6 Å². The van der Waals surface area contributed by atoms with Gasteiger partial charge >= 0.3 is 0 Å². The molecule has 0 heterocycles. The van der Waals surface area contributed by atoms with Crippen LogP contribution in [-0.2, 0) is 20.2 Å². The molecule has 0 unspecified atom stereocenters. The predicted molar refractivity (Wildman–Crippen MR) is 129 cm³/mol. The molecular formula is C26H30N2O3S. The van der Waals surface area contributed by atoms with Crippen LogP contribution in [0.3, 0.4) is 0 Å². The number of carbonyl (C=O) groups is 1. The molecule has 168 valence electrons. The highest BCUT2D eigenvalue weighted by Gasteiger charge is 2.27. The molecule has 32 heavy (non-hydrogen) atoms. The Kier molecular flexibility index (Phi) is 7.04. The monoisotopic (exact) mass is 450 g/mol. The van der Waals surface area contributed by atoms with Gasteiger partial charge in [0.05, 0.1) is 16.6 Å². The van der Waals surface area contributed by atoms with Gasteiger partial charge in [0.15, 0.2) is 0 Å². The minimum absolute atomic E-state index is 0.0486. The van der Waals surface area contributed by atoms with Crippen molar-refractivity contribution in [1.82, 2.24) is 5.32 Å². The Morgan fingerprint density at radius 3 is 1.94 bits per heavy atom. The van der Waals surface area contributed by atoms with Crippen LogP contribution in [0, 0.1) is 0 Å². The number of hydrogen-bond acceptors (Lipinski definition) is 3. The summed E-state index contributed by atoms with van der Waals surface area (Å²) in [6.45, 7) is 8.03. The van der Waals surface area contributed by atoms with Crippen LogP contribution < -0.4 is 9.62 Å². The van der Waals surface area contributed by atoms with E-state index in [-0.39, 0.29) is 28.8 Å². The zero-order chi connectivity index (χ0) is 23.4. The lowest BCUT2D eigenvalue weighted by Gasteiger charge is -2.25. The maximum absolute atomic E-state index is 13.3. The van der Waals surface area contributed by atoms with Gasteiger partial charge in [-0.25, -0.2) is 8.42 Å². The van der Waals surface area contributed by atoms with Gasteiger partial charge in [0.1, 0.15) is 6.54 Å². The molecule has 0 radical (unpaired) electrons. The summed E-state index contributed by atoms with van der Waals surface area (Å²) < 4.78 is 27.7. The number of benzene rings is 3. The van der Waals surface area contributed by atoms with Crippen molar-refractivity contribution in [3.63, 3.8) is 0 Å². The zero-order valence-corrected chi connectivity index (χ0v) is 19.8. The molecule has 0 bridgehead atoms. The molecule has 5 nitrogen and oxygen atoms in total. The molecule has 3 aromatic rings. The average molecular weight is 451 g/mol. The SMILES string of the molecule is C[C@H](NC(=O)CN(c1ccccc1)S(=O)(=O)c1ccccc1)c1ccc(C(C)(C)C)cc1. The first kappa shape index (κ1) is 23.5. The van der Waals surface area contributed by atoms with Gasteiger partial charge in [-0.1, -0.05) is 81.4 Å². The Morgan fingerprint density at radius 2 is 1.41 bits per heavy atom. The lowest BCUT2D eigenvalue weighted by atomic mass is 9.86. The number of rotatable bonds is 7. The molecule has 3 rings (SSSR count). The van der Waals surface area contributed by atoms with E-state index >= 15 is 0 Å². The molecular weight excluding hydrogens is 420 g/mol. The fourth-order valence-corrected chi connectivity index (χ4v) is 4.84. The molecule has 0 fully saturated rings. The third-order valence-electron chi connectivity index (χ3n) is 5.32. The van der Waals surface area contributed by atoms with Gasteiger partial charge < -0.3 is 5.32 Å². The summed E-state index contributed by atoms with van der Waals surface area (Å²) in [5.74, 6) is -0.374. The number of sulfonamides is 1. The first-order valence-electron chi connectivity index (χ1n) is 10.6. The second-order valence-electron chi connectivity index (χ2n) is 8.82. The number of nitrogens with one attached hydrogen (secondary N) is 1. The van der Waals surface area contributed by atoms with Crippen molar-refractivity contribution < 1.29 is 13.2 Å². The van der Waals surface area contributed by atoms with E-state index in [4.69, 9.17) is 0 Å². The van der Waals surface area contributed by atoms with E-state index in [9.17, 15) is 13.2 Å². The van der Waals surface area contributed by atoms with E-state index in [1.165, 1.54) is 17.7 Å². The van der Waals surface area contributed by atoms with Gasteiger partial charge in [-0.3, -0.25) is 9.10 Å². The van der Waals surface area contributed by atoms with Gasteiger partial charge in [0, 0.05) is 0 Å². The minimum atomic E-state index is -3.90. The molecule has 0 aromatic heterocycles. The van der Waals surface area contributed by atoms with Crippen molar-refractivity contribution in [3.8, 4) is 0 Å². The Hall–Kier alpha value is -3.12. The predicted octanol–water partition coefficient (Wildman–Crippen LogP) is 5.06. The highest BCUT2D eigenvalue weighted by atomic mass is 32.2. The Bertz CT molecular complexity index is 1140. The fourth-order valence-electron chi connectivity index (χ4n) is 3.40. The summed E-state index contributed by atoms with van der Waals surface area (Å²) in [5.41, 5.74) is 2.66. The van der Waals surface area contributed by atoms with Crippen molar-refractivity contribution in [2.45, 2.75) is 44.0 Å². The van der Waals surface area contributed by atoms with Crippen LogP contribution in [0.2, 0.25) is 0 Å². The van der Waals surface area contributed by atoms with Crippen LogP contribution in [0.1, 0.15) is 44.9 Å². The molecule has 6 heteroatoms. The molecule has 0 aliphatic rings. The normalized spacial score (nSPS) is 12.8. The highest BCUT2D eigenvalue weighted by molar-refractivity contribution is 7.92. The van der Waals surface area contributed by atoms with Gasteiger partial charge in [-0.05, 0) is 47.7 Å². The quantitative estimate of drug-likeness (QED) is 0.547. The zero-order valence-electron chi connectivity index (χ0n) is 18.9. The standard InChI is InChI=1S/C26H30N2O3S/c1-20(21-15-17-22(18-16-21)26(2,3)4)27-25(29)19-28(23-11-7-5-8-12-23)32(30,31)24-13-9-6-10-14-24/h5-18,20H,19H2,1-4H3,(H,27,29)/t20-/m0/s1. The van der Waals surface area contributed by atoms with Crippen molar-refractivity contribution in [3.05, 3.63) is 96.1 Å². The summed E-state index contributed by atoms with van der Waals surface area (Å²) in [7, 11) is -3.90. The molecule has 0 aliphatic heterocycles. The van der Waals surface area contributed by atoms with Gasteiger partial charge in [-0.2, -0.15) is 0 Å². The third kappa shape index (κ3) is 5.56. The summed E-state index contributed by atoms with van der Waals surface area (Å²) in [6.07, 6.45) is 0. The molecule has 0 aliphatic carbocycles. The minimum Gasteiger partial charge on any atom is -0.348 e. The summed E-state index contributed by atoms with van der Waals surface area (Å²) in [4.78, 5) is 13.0. The van der Waals surface area contributed by atoms with Crippen LogP contribution in [0.25, 0.3) is 0 Å². The summed E-state index contributed by atoms with van der Waals surface area (Å²) >= 11 is 0. The smallest absolute Gasteiger partial charge is 0.264 e. The van der Waals surface area contributed by atoms with Gasteiger partial charge in [0.2, 0.25) is 5.91 Å². The van der Waals surface area contributed by atoms with Crippen molar-refractivity contribution in [1.29, 1.82) is 0 Å². The summed E-state index contributed by atoms with van der Waals surface area (Å²) in [6, 6.07) is 24.7. The summed E-state index contributed by atoms with van der Waals surface area (Å²) in [5, 5.41) is 2.93. The number of hydrogen-bond donors (Lipinski definition) is 1. The number of para-hydroxylation sites is 1. The van der Waals surface area contributed by atoms with E-state index in [1.807, 2.05) is 19.1 Å². The molecule has 1 atom stereocenters. The van der Waals surface area contributed by atoms with Gasteiger partial charge in [-0.15, -0.1) is 0 Å². The molecule has 3 aromatic carbocycles. The van der Waals surface area contributed by atoms with Crippen LogP contribution in [0.4, 0.5) is 5.69 Å². The Balaban J connectivity index is 1.80. The molecule has 0 saturated heterocycles. The molecule has 0 spiro atoms. The maximum Gasteiger partial charge on any atom is 0.264 e. The largest absolute Gasteiger partial charge is 0.348 e. The van der Waals surface area contributed by atoms with Crippen molar-refractivity contribution in [2.75, 3.05) is 10.8 Å². The highest BCUT2D eigenvalue weighted by Crippen LogP contribution is 2.25. The number of anilines is 1. The van der Waals surface area contributed by atoms with Gasteiger partial charge in [0.25, 0.3) is 10.0 Å². The van der Waals surface area contributed by atoms with E-state index in [2.05, 4.69) is 38.2 Å². The molecule has 1 amide bonds. The topological polar surface area (TPSA) is 66.5 Å². The first-order chi connectivity index (χ1) is 15.1. The Labute approximate surface area is 191 Å². The number of nitrogens with zero attached hydrogens (tertiary/aromatic N) is 1. The second kappa shape index (κ2) is 9.57. The van der Waals surface area contributed by atoms with Crippen LogP contribution in [-0.4, -0.2) is 20.9 Å². The van der Waals surface area contributed by atoms with E-state index < -0.39 is 10.0 Å². The van der Waals surface area contributed by atoms with E-state index in [1.54, 1.807) is 48.5 Å². The Morgan fingerprint density at radius 1 is 0.875 bits per heavy atom. The molecule has 1 N–H and O–H groups in total. The fraction of sp³-hybridized carbons (Fsp3) is 0.269. The maximum atomic E-state index is 13.3. The first-order valence-corrected chi connectivity index (χ1v) is 12.1. The third-order valence-corrected chi connectivity index (χ3v) is 7.10. The van der Waals surface area contributed by atoms with Crippen LogP contribution in [0.15, 0.2) is 89.8 Å². The van der Waals surface area contributed by atoms with E-state index in [0.717, 1.165) is 9.87 Å². The van der Waals surface area contributed by atoms with E-state index in [0.29, 0.717) is 5.69 Å². The average Bonchev–Trinajstić information content (AvgIpc) is 2.78.